The molecular weight excluding hydrogens is 304 g/mol. The molecule has 0 saturated heterocycles. The van der Waals surface area contributed by atoms with Gasteiger partial charge in [-0.05, 0) is 56.7 Å². The van der Waals surface area contributed by atoms with E-state index >= 15 is 0 Å². The highest BCUT2D eigenvalue weighted by atomic mass is 16.5. The Balaban J connectivity index is 2.27. The number of carbonyl (C=O) groups excluding carboxylic acids is 1. The Morgan fingerprint density at radius 3 is 2.50 bits per heavy atom. The van der Waals surface area contributed by atoms with Crippen molar-refractivity contribution >= 4 is 17.3 Å². The summed E-state index contributed by atoms with van der Waals surface area (Å²) in [6, 6.07) is 10.7. The number of methoxy groups -OCH3 is 1. The van der Waals surface area contributed by atoms with E-state index < -0.39 is 5.91 Å². The molecule has 0 heterocycles. The predicted molar refractivity (Wildman–Crippen MR) is 97.4 cm³/mol. The van der Waals surface area contributed by atoms with Gasteiger partial charge < -0.3 is 20.1 Å². The molecule has 0 aliphatic heterocycles. The minimum absolute atomic E-state index is 0.107. The minimum atomic E-state index is -0.399. The van der Waals surface area contributed by atoms with Crippen LogP contribution in [0.4, 0.5) is 11.4 Å². The van der Waals surface area contributed by atoms with E-state index in [9.17, 15) is 9.90 Å². The number of nitrogens with zero attached hydrogens (tertiary/aromatic N) is 1. The molecule has 0 bridgehead atoms. The number of hydrogen-bond donors (Lipinski definition) is 2. The fraction of sp³-hybridized carbons (Fsp3) is 0.316. The Labute approximate surface area is 142 Å². The Bertz CT molecular complexity index is 725. The number of anilines is 2. The molecule has 0 saturated carbocycles. The highest BCUT2D eigenvalue weighted by molar-refractivity contribution is 6.08. The molecule has 2 aromatic rings. The maximum Gasteiger partial charge on any atom is 0.263 e. The number of amides is 1. The molecule has 0 aliphatic rings. The van der Waals surface area contributed by atoms with Crippen LogP contribution >= 0.6 is 0 Å². The van der Waals surface area contributed by atoms with Crippen LogP contribution in [0.5, 0.6) is 11.5 Å². The first kappa shape index (κ1) is 17.7. The third kappa shape index (κ3) is 3.62. The Morgan fingerprint density at radius 1 is 1.21 bits per heavy atom. The number of ether oxygens (including phenoxy) is 1. The molecule has 0 radical (unpaired) electrons. The second-order valence-electron chi connectivity index (χ2n) is 5.48. The van der Waals surface area contributed by atoms with Crippen LogP contribution in [0, 0.1) is 6.92 Å². The van der Waals surface area contributed by atoms with E-state index in [1.807, 2.05) is 25.1 Å². The number of nitrogens with one attached hydrogen (secondary N) is 1. The first-order chi connectivity index (χ1) is 11.5. The van der Waals surface area contributed by atoms with Gasteiger partial charge in [0.05, 0.1) is 7.11 Å². The molecule has 2 rings (SSSR count). The van der Waals surface area contributed by atoms with Crippen LogP contribution in [-0.4, -0.2) is 31.2 Å². The molecular formula is C19H24N2O3. The van der Waals surface area contributed by atoms with E-state index in [1.54, 1.807) is 12.1 Å². The maximum absolute atomic E-state index is 12.5. The predicted octanol–water partition coefficient (Wildman–Crippen LogP) is 3.81. The van der Waals surface area contributed by atoms with E-state index in [4.69, 9.17) is 4.74 Å². The lowest BCUT2D eigenvalue weighted by Crippen LogP contribution is -2.22. The summed E-state index contributed by atoms with van der Waals surface area (Å²) in [5.74, 6) is -0.169. The molecule has 5 heteroatoms. The minimum Gasteiger partial charge on any atom is -0.507 e. The van der Waals surface area contributed by atoms with Crippen LogP contribution in [-0.2, 0) is 0 Å². The molecule has 1 amide bonds. The summed E-state index contributed by atoms with van der Waals surface area (Å²) in [5.41, 5.74) is 2.92. The van der Waals surface area contributed by atoms with Crippen LogP contribution in [0.1, 0.15) is 29.8 Å². The van der Waals surface area contributed by atoms with Gasteiger partial charge in [-0.2, -0.15) is 0 Å². The monoisotopic (exact) mass is 328 g/mol. The van der Waals surface area contributed by atoms with Crippen LogP contribution in [0.25, 0.3) is 0 Å². The topological polar surface area (TPSA) is 61.8 Å². The number of hydrogen-bond acceptors (Lipinski definition) is 4. The number of rotatable bonds is 6. The lowest BCUT2D eigenvalue weighted by molar-refractivity contribution is 0.102. The highest BCUT2D eigenvalue weighted by Gasteiger charge is 2.18. The molecule has 0 unspecified atom stereocenters. The fourth-order valence-corrected chi connectivity index (χ4v) is 2.68. The summed E-state index contributed by atoms with van der Waals surface area (Å²) < 4.78 is 5.17. The number of phenols is 1. The zero-order valence-corrected chi connectivity index (χ0v) is 14.6. The van der Waals surface area contributed by atoms with E-state index in [2.05, 4.69) is 24.1 Å². The van der Waals surface area contributed by atoms with Crippen molar-refractivity contribution in [1.29, 1.82) is 0 Å². The van der Waals surface area contributed by atoms with Crippen molar-refractivity contribution in [2.75, 3.05) is 30.4 Å². The normalized spacial score (nSPS) is 10.3. The van der Waals surface area contributed by atoms with Crippen molar-refractivity contribution in [1.82, 2.24) is 0 Å². The van der Waals surface area contributed by atoms with Crippen LogP contribution < -0.4 is 15.0 Å². The SMILES string of the molecule is CCN(CC)c1ccc(NC(=O)c2c(O)cccc2OC)c(C)c1. The van der Waals surface area contributed by atoms with Gasteiger partial charge in [0, 0.05) is 24.5 Å². The van der Waals surface area contributed by atoms with Gasteiger partial charge in [-0.15, -0.1) is 0 Å². The molecule has 24 heavy (non-hydrogen) atoms. The average Bonchev–Trinajstić information content (AvgIpc) is 2.57. The van der Waals surface area contributed by atoms with Crippen molar-refractivity contribution < 1.29 is 14.6 Å². The second-order valence-corrected chi connectivity index (χ2v) is 5.48. The third-order valence-corrected chi connectivity index (χ3v) is 4.04. The first-order valence-electron chi connectivity index (χ1n) is 8.04. The Morgan fingerprint density at radius 2 is 1.92 bits per heavy atom. The molecule has 0 aliphatic carbocycles. The fourth-order valence-electron chi connectivity index (χ4n) is 2.68. The molecule has 2 N–H and O–H groups in total. The van der Waals surface area contributed by atoms with Gasteiger partial charge in [-0.1, -0.05) is 6.07 Å². The standard InChI is InChI=1S/C19H24N2O3/c1-5-21(6-2)14-10-11-15(13(3)12-14)20-19(23)18-16(22)8-7-9-17(18)24-4/h7-12,22H,5-6H2,1-4H3,(H,20,23). The van der Waals surface area contributed by atoms with Crippen LogP contribution in [0.15, 0.2) is 36.4 Å². The zero-order valence-electron chi connectivity index (χ0n) is 14.6. The van der Waals surface area contributed by atoms with Gasteiger partial charge in [0.25, 0.3) is 5.91 Å². The van der Waals surface area contributed by atoms with Gasteiger partial charge in [-0.3, -0.25) is 4.79 Å². The lowest BCUT2D eigenvalue weighted by Gasteiger charge is -2.22. The molecule has 0 spiro atoms. The summed E-state index contributed by atoms with van der Waals surface area (Å²) in [5, 5.41) is 12.8. The average molecular weight is 328 g/mol. The molecule has 128 valence electrons. The number of aryl methyl sites for hydroxylation is 1. The maximum atomic E-state index is 12.5. The Hall–Kier alpha value is -2.69. The number of phenolic OH excluding ortho intramolecular Hbond substituents is 1. The van der Waals surface area contributed by atoms with Crippen molar-refractivity contribution in [2.45, 2.75) is 20.8 Å². The Kier molecular flexibility index (Phi) is 5.68. The van der Waals surface area contributed by atoms with E-state index in [1.165, 1.54) is 13.2 Å². The molecule has 0 fully saturated rings. The quantitative estimate of drug-likeness (QED) is 0.846. The van der Waals surface area contributed by atoms with Gasteiger partial charge in [0.15, 0.2) is 0 Å². The van der Waals surface area contributed by atoms with E-state index in [0.717, 1.165) is 24.3 Å². The van der Waals surface area contributed by atoms with Gasteiger partial charge in [-0.25, -0.2) is 0 Å². The highest BCUT2D eigenvalue weighted by Crippen LogP contribution is 2.29. The molecule has 2 aromatic carbocycles. The second kappa shape index (κ2) is 7.73. The van der Waals surface area contributed by atoms with Gasteiger partial charge in [0.1, 0.15) is 17.1 Å². The van der Waals surface area contributed by atoms with Crippen molar-refractivity contribution in [2.24, 2.45) is 0 Å². The van der Waals surface area contributed by atoms with Gasteiger partial charge >= 0.3 is 0 Å². The molecule has 5 nitrogen and oxygen atoms in total. The smallest absolute Gasteiger partial charge is 0.263 e. The first-order valence-corrected chi connectivity index (χ1v) is 8.04. The summed E-state index contributed by atoms with van der Waals surface area (Å²) in [7, 11) is 1.47. The number of benzene rings is 2. The van der Waals surface area contributed by atoms with E-state index in [0.29, 0.717) is 11.4 Å². The summed E-state index contributed by atoms with van der Waals surface area (Å²) in [4.78, 5) is 14.8. The molecule has 0 aromatic heterocycles. The summed E-state index contributed by atoms with van der Waals surface area (Å²) in [6.07, 6.45) is 0. The summed E-state index contributed by atoms with van der Waals surface area (Å²) in [6.45, 7) is 8.02. The lowest BCUT2D eigenvalue weighted by atomic mass is 10.1. The van der Waals surface area contributed by atoms with Crippen molar-refractivity contribution in [3.63, 3.8) is 0 Å². The molecule has 0 atom stereocenters. The van der Waals surface area contributed by atoms with Crippen LogP contribution in [0.3, 0.4) is 0 Å². The third-order valence-electron chi connectivity index (χ3n) is 4.04. The summed E-state index contributed by atoms with van der Waals surface area (Å²) >= 11 is 0. The zero-order chi connectivity index (χ0) is 17.7. The number of aromatic hydroxyl groups is 1. The van der Waals surface area contributed by atoms with Crippen molar-refractivity contribution in [3.05, 3.63) is 47.5 Å². The largest absolute Gasteiger partial charge is 0.507 e. The number of carbonyl (C=O) groups is 1. The van der Waals surface area contributed by atoms with Crippen molar-refractivity contribution in [3.8, 4) is 11.5 Å². The van der Waals surface area contributed by atoms with E-state index in [-0.39, 0.29) is 11.3 Å². The van der Waals surface area contributed by atoms with Gasteiger partial charge in [0.2, 0.25) is 0 Å². The van der Waals surface area contributed by atoms with Crippen LogP contribution in [0.2, 0.25) is 0 Å².